The Morgan fingerprint density at radius 3 is 2.67 bits per heavy atom. The van der Waals surface area contributed by atoms with Gasteiger partial charge in [0.1, 0.15) is 11.5 Å². The van der Waals surface area contributed by atoms with Gasteiger partial charge in [-0.3, -0.25) is 4.79 Å². The first kappa shape index (κ1) is 11.6. The van der Waals surface area contributed by atoms with Crippen LogP contribution in [-0.2, 0) is 0 Å². The topological polar surface area (TPSA) is 46.5 Å². The van der Waals surface area contributed by atoms with Crippen LogP contribution in [0.4, 0.5) is 0 Å². The van der Waals surface area contributed by atoms with Crippen molar-refractivity contribution in [3.8, 4) is 11.5 Å². The van der Waals surface area contributed by atoms with E-state index in [4.69, 9.17) is 4.74 Å². The van der Waals surface area contributed by atoms with Gasteiger partial charge >= 0.3 is 0 Å². The fourth-order valence-electron chi connectivity index (χ4n) is 1.62. The first-order valence-electron chi connectivity index (χ1n) is 5.00. The molecule has 82 valence electrons. The number of ether oxygens (including phenoxy) is 1. The summed E-state index contributed by atoms with van der Waals surface area (Å²) in [4.78, 5) is 10.9. The molecule has 0 saturated carbocycles. The van der Waals surface area contributed by atoms with E-state index in [-0.39, 0.29) is 11.7 Å². The second-order valence-corrected chi connectivity index (χ2v) is 3.54. The zero-order valence-corrected chi connectivity index (χ0v) is 9.28. The van der Waals surface area contributed by atoms with Gasteiger partial charge in [-0.05, 0) is 24.5 Å². The summed E-state index contributed by atoms with van der Waals surface area (Å²) in [5, 5.41) is 9.57. The van der Waals surface area contributed by atoms with E-state index in [0.29, 0.717) is 17.6 Å². The number of phenols is 1. The van der Waals surface area contributed by atoms with Crippen LogP contribution in [0.5, 0.6) is 11.5 Å². The molecule has 0 heterocycles. The maximum atomic E-state index is 10.9. The molecule has 1 rings (SSSR count). The lowest BCUT2D eigenvalue weighted by Gasteiger charge is -2.16. The van der Waals surface area contributed by atoms with Gasteiger partial charge in [-0.25, -0.2) is 0 Å². The van der Waals surface area contributed by atoms with Crippen LogP contribution in [0.2, 0.25) is 0 Å². The molecule has 0 aliphatic carbocycles. The van der Waals surface area contributed by atoms with Crippen molar-refractivity contribution in [2.45, 2.75) is 26.2 Å². The van der Waals surface area contributed by atoms with Gasteiger partial charge in [0.2, 0.25) is 0 Å². The fraction of sp³-hybridized carbons (Fsp3) is 0.417. The Kier molecular flexibility index (Phi) is 3.72. The van der Waals surface area contributed by atoms with E-state index in [1.807, 2.05) is 13.8 Å². The maximum absolute atomic E-state index is 10.9. The van der Waals surface area contributed by atoms with E-state index in [9.17, 15) is 9.90 Å². The highest BCUT2D eigenvalue weighted by atomic mass is 16.5. The van der Waals surface area contributed by atoms with Crippen LogP contribution in [0.25, 0.3) is 0 Å². The van der Waals surface area contributed by atoms with Crippen LogP contribution in [-0.4, -0.2) is 18.5 Å². The van der Waals surface area contributed by atoms with Crippen molar-refractivity contribution >= 4 is 6.29 Å². The zero-order chi connectivity index (χ0) is 11.4. The molecule has 0 fully saturated rings. The van der Waals surface area contributed by atoms with E-state index >= 15 is 0 Å². The molecule has 1 aromatic carbocycles. The predicted molar refractivity (Wildman–Crippen MR) is 58.8 cm³/mol. The van der Waals surface area contributed by atoms with Crippen molar-refractivity contribution in [3.05, 3.63) is 23.3 Å². The third-order valence-corrected chi connectivity index (χ3v) is 2.67. The molecule has 1 unspecified atom stereocenters. The smallest absolute Gasteiger partial charge is 0.154 e. The van der Waals surface area contributed by atoms with Crippen molar-refractivity contribution in [3.63, 3.8) is 0 Å². The van der Waals surface area contributed by atoms with E-state index < -0.39 is 0 Å². The Hall–Kier alpha value is -1.51. The molecule has 0 bridgehead atoms. The molecule has 1 N–H and O–H groups in total. The van der Waals surface area contributed by atoms with Crippen LogP contribution in [0, 0.1) is 0 Å². The van der Waals surface area contributed by atoms with Crippen LogP contribution in [0.1, 0.15) is 42.1 Å². The number of aromatic hydroxyl groups is 1. The molecule has 15 heavy (non-hydrogen) atoms. The molecule has 1 atom stereocenters. The average molecular weight is 208 g/mol. The number of rotatable bonds is 4. The van der Waals surface area contributed by atoms with Gasteiger partial charge in [-0.15, -0.1) is 0 Å². The molecule has 0 saturated heterocycles. The zero-order valence-electron chi connectivity index (χ0n) is 9.28. The standard InChI is InChI=1S/C12H16O3/c1-4-8(2)12-9(7-13)10(14)5-6-11(12)15-3/h5-8,14H,4H2,1-3H3. The highest BCUT2D eigenvalue weighted by molar-refractivity contribution is 5.83. The summed E-state index contributed by atoms with van der Waals surface area (Å²) in [5.74, 6) is 0.859. The monoisotopic (exact) mass is 208 g/mol. The molecule has 3 heteroatoms. The number of benzene rings is 1. The van der Waals surface area contributed by atoms with Crippen LogP contribution >= 0.6 is 0 Å². The molecule has 0 amide bonds. The third kappa shape index (κ3) is 2.12. The first-order valence-corrected chi connectivity index (χ1v) is 5.00. The molecular weight excluding hydrogens is 192 g/mol. The minimum Gasteiger partial charge on any atom is -0.507 e. The predicted octanol–water partition coefficient (Wildman–Crippen LogP) is 2.73. The molecular formula is C12H16O3. The Morgan fingerprint density at radius 1 is 1.53 bits per heavy atom. The van der Waals surface area contributed by atoms with Crippen LogP contribution in [0.3, 0.4) is 0 Å². The Morgan fingerprint density at radius 2 is 2.20 bits per heavy atom. The molecule has 0 aliphatic rings. The van der Waals surface area contributed by atoms with Crippen molar-refractivity contribution in [1.29, 1.82) is 0 Å². The summed E-state index contributed by atoms with van der Waals surface area (Å²) in [6, 6.07) is 3.16. The van der Waals surface area contributed by atoms with Crippen molar-refractivity contribution in [1.82, 2.24) is 0 Å². The molecule has 0 aliphatic heterocycles. The normalized spacial score (nSPS) is 12.2. The van der Waals surface area contributed by atoms with Crippen LogP contribution < -0.4 is 4.74 Å². The molecule has 3 nitrogen and oxygen atoms in total. The number of hydrogen-bond donors (Lipinski definition) is 1. The minimum absolute atomic E-state index is 0.0149. The first-order chi connectivity index (χ1) is 7.15. The molecule has 0 spiro atoms. The number of methoxy groups -OCH3 is 1. The van der Waals surface area contributed by atoms with E-state index in [0.717, 1.165) is 12.0 Å². The fourth-order valence-corrected chi connectivity index (χ4v) is 1.62. The summed E-state index contributed by atoms with van der Waals surface area (Å²) in [7, 11) is 1.56. The van der Waals surface area contributed by atoms with Gasteiger partial charge < -0.3 is 9.84 Å². The lowest BCUT2D eigenvalue weighted by atomic mass is 9.92. The van der Waals surface area contributed by atoms with Gasteiger partial charge in [0, 0.05) is 5.56 Å². The van der Waals surface area contributed by atoms with Gasteiger partial charge in [0.25, 0.3) is 0 Å². The Bertz CT molecular complexity index is 358. The average Bonchev–Trinajstić information content (AvgIpc) is 2.27. The Balaban J connectivity index is 3.39. The number of carbonyl (C=O) groups excluding carboxylic acids is 1. The number of hydrogen-bond acceptors (Lipinski definition) is 3. The SMILES string of the molecule is CCC(C)c1c(OC)ccc(O)c1C=O. The quantitative estimate of drug-likeness (QED) is 0.774. The van der Waals surface area contributed by atoms with Crippen molar-refractivity contribution in [2.75, 3.05) is 7.11 Å². The highest BCUT2D eigenvalue weighted by Gasteiger charge is 2.17. The largest absolute Gasteiger partial charge is 0.507 e. The maximum Gasteiger partial charge on any atom is 0.154 e. The summed E-state index contributed by atoms with van der Waals surface area (Å²) in [6.45, 7) is 4.03. The van der Waals surface area contributed by atoms with Gasteiger partial charge in [-0.2, -0.15) is 0 Å². The number of aldehydes is 1. The van der Waals surface area contributed by atoms with Gasteiger partial charge in [0.15, 0.2) is 6.29 Å². The van der Waals surface area contributed by atoms with Gasteiger partial charge in [-0.1, -0.05) is 13.8 Å². The highest BCUT2D eigenvalue weighted by Crippen LogP contribution is 2.35. The molecule has 1 aromatic rings. The summed E-state index contributed by atoms with van der Waals surface area (Å²) < 4.78 is 5.20. The number of phenolic OH excluding ortho intramolecular Hbond substituents is 1. The second-order valence-electron chi connectivity index (χ2n) is 3.54. The van der Waals surface area contributed by atoms with Crippen LogP contribution in [0.15, 0.2) is 12.1 Å². The second kappa shape index (κ2) is 4.82. The third-order valence-electron chi connectivity index (χ3n) is 2.67. The van der Waals surface area contributed by atoms with E-state index in [1.54, 1.807) is 13.2 Å². The minimum atomic E-state index is 0.0149. The van der Waals surface area contributed by atoms with E-state index in [2.05, 4.69) is 0 Å². The van der Waals surface area contributed by atoms with Gasteiger partial charge in [0.05, 0.1) is 12.7 Å². The summed E-state index contributed by atoms with van der Waals surface area (Å²) in [6.07, 6.45) is 1.57. The molecule has 0 aromatic heterocycles. The summed E-state index contributed by atoms with van der Waals surface area (Å²) >= 11 is 0. The number of carbonyl (C=O) groups is 1. The lowest BCUT2D eigenvalue weighted by Crippen LogP contribution is -2.02. The molecule has 0 radical (unpaired) electrons. The Labute approximate surface area is 89.7 Å². The van der Waals surface area contributed by atoms with E-state index in [1.165, 1.54) is 6.07 Å². The van der Waals surface area contributed by atoms with Crippen molar-refractivity contribution < 1.29 is 14.6 Å². The summed E-state index contributed by atoms with van der Waals surface area (Å²) in [5.41, 5.74) is 1.12. The lowest BCUT2D eigenvalue weighted by molar-refractivity contribution is 0.111. The van der Waals surface area contributed by atoms with Crippen molar-refractivity contribution in [2.24, 2.45) is 0 Å².